The number of carbonyl (C=O) groups excluding carboxylic acids is 2. The van der Waals surface area contributed by atoms with Crippen LogP contribution in [0, 0.1) is 11.8 Å². The zero-order valence-electron chi connectivity index (χ0n) is 19.9. The summed E-state index contributed by atoms with van der Waals surface area (Å²) in [4.78, 5) is 24.2. The molecule has 0 unspecified atom stereocenters. The van der Waals surface area contributed by atoms with Crippen molar-refractivity contribution >= 4 is 18.3 Å². The summed E-state index contributed by atoms with van der Waals surface area (Å²) in [5.41, 5.74) is -1.24. The van der Waals surface area contributed by atoms with E-state index in [4.69, 9.17) is 18.9 Å². The van der Waals surface area contributed by atoms with Gasteiger partial charge in [0.15, 0.2) is 12.6 Å². The molecule has 6 N–H and O–H groups in total. The summed E-state index contributed by atoms with van der Waals surface area (Å²) in [6.45, 7) is 1.01. The highest BCUT2D eigenvalue weighted by Crippen LogP contribution is 2.50. The molecule has 0 aromatic heterocycles. The minimum atomic E-state index is -1.80. The molecule has 2 aliphatic heterocycles. The van der Waals surface area contributed by atoms with Gasteiger partial charge in [-0.05, 0) is 23.8 Å². The first-order valence-corrected chi connectivity index (χ1v) is 11.8. The molecule has 202 valence electrons. The number of hydrogen-bond acceptors (Lipinski definition) is 12. The number of aliphatic hydroxyl groups is 5. The van der Waals surface area contributed by atoms with Gasteiger partial charge in [-0.1, -0.05) is 19.1 Å². The summed E-state index contributed by atoms with van der Waals surface area (Å²) < 4.78 is 22.2. The van der Waals surface area contributed by atoms with Crippen LogP contribution >= 0.6 is 0 Å². The van der Waals surface area contributed by atoms with Crippen molar-refractivity contribution in [3.8, 4) is 5.75 Å². The van der Waals surface area contributed by atoms with Crippen LogP contribution in [0.1, 0.15) is 18.9 Å². The van der Waals surface area contributed by atoms with E-state index in [0.29, 0.717) is 11.8 Å². The van der Waals surface area contributed by atoms with Crippen molar-refractivity contribution < 1.29 is 59.2 Å². The van der Waals surface area contributed by atoms with E-state index in [9.17, 15) is 40.2 Å². The van der Waals surface area contributed by atoms with Gasteiger partial charge < -0.3 is 49.6 Å². The predicted molar refractivity (Wildman–Crippen MR) is 123 cm³/mol. The van der Waals surface area contributed by atoms with Crippen LogP contribution in [0.25, 0.3) is 6.08 Å². The van der Waals surface area contributed by atoms with Crippen molar-refractivity contribution in [1.82, 2.24) is 0 Å². The number of hydrogen-bond donors (Lipinski definition) is 6. The van der Waals surface area contributed by atoms with Crippen molar-refractivity contribution in [2.24, 2.45) is 11.8 Å². The fourth-order valence-corrected chi connectivity index (χ4v) is 5.05. The first-order chi connectivity index (χ1) is 17.6. The number of benzene rings is 1. The molecule has 1 aliphatic carbocycles. The number of aliphatic hydroxyl groups excluding tert-OH is 4. The van der Waals surface area contributed by atoms with Crippen LogP contribution in [-0.2, 0) is 28.5 Å². The minimum Gasteiger partial charge on any atom is -0.508 e. The Morgan fingerprint density at radius 1 is 1.14 bits per heavy atom. The molecule has 2 fully saturated rings. The molecular weight excluding hydrogens is 492 g/mol. The standard InChI is InChI=1S/C25H30O12/c1-12-16(35-18(29)7-4-13-2-5-15(28)6-3-13)8-25(33)14(9-26)11-34-23(19(12)25)37-24-22(32)21(31)20(30)17(10-27)36-24/h2-7,9,11-12,16-17,19-24,27-28,30-33H,8,10H2,1H3/b7-4+/t12-,16-,17+,19-,20+,21-,22+,23-,24-,25-/m0/s1. The number of ether oxygens (including phenoxy) is 4. The average Bonchev–Trinajstić information content (AvgIpc) is 3.14. The molecule has 12 heteroatoms. The Bertz CT molecular complexity index is 1040. The van der Waals surface area contributed by atoms with Crippen molar-refractivity contribution in [3.05, 3.63) is 47.7 Å². The van der Waals surface area contributed by atoms with E-state index in [1.54, 1.807) is 19.1 Å². The summed E-state index contributed by atoms with van der Waals surface area (Å²) in [6.07, 6.45) is -5.91. The van der Waals surface area contributed by atoms with Gasteiger partial charge in [-0.3, -0.25) is 4.79 Å². The van der Waals surface area contributed by atoms with Gasteiger partial charge in [0.05, 0.1) is 24.4 Å². The van der Waals surface area contributed by atoms with Crippen LogP contribution in [0.2, 0.25) is 0 Å². The second-order valence-corrected chi connectivity index (χ2v) is 9.44. The van der Waals surface area contributed by atoms with Crippen molar-refractivity contribution in [1.29, 1.82) is 0 Å². The van der Waals surface area contributed by atoms with Crippen LogP contribution < -0.4 is 0 Å². The molecule has 3 aliphatic rings. The van der Waals surface area contributed by atoms with Crippen LogP contribution in [0.5, 0.6) is 5.75 Å². The van der Waals surface area contributed by atoms with Gasteiger partial charge in [0.25, 0.3) is 0 Å². The molecule has 0 radical (unpaired) electrons. The number of rotatable bonds is 7. The Morgan fingerprint density at radius 3 is 2.49 bits per heavy atom. The summed E-state index contributed by atoms with van der Waals surface area (Å²) in [6, 6.07) is 6.14. The number of fused-ring (bicyclic) bond motifs is 1. The lowest BCUT2D eigenvalue weighted by Gasteiger charge is -2.44. The number of carbonyl (C=O) groups is 2. The summed E-state index contributed by atoms with van der Waals surface area (Å²) in [7, 11) is 0. The molecular formula is C25H30O12. The second-order valence-electron chi connectivity index (χ2n) is 9.44. The molecule has 2 heterocycles. The molecule has 0 spiro atoms. The van der Waals surface area contributed by atoms with Crippen molar-refractivity contribution in [3.63, 3.8) is 0 Å². The van der Waals surface area contributed by atoms with Gasteiger partial charge in [-0.25, -0.2) is 4.79 Å². The monoisotopic (exact) mass is 522 g/mol. The molecule has 1 aromatic rings. The van der Waals surface area contributed by atoms with Gasteiger partial charge in [0.1, 0.15) is 41.9 Å². The smallest absolute Gasteiger partial charge is 0.331 e. The molecule has 12 nitrogen and oxygen atoms in total. The zero-order chi connectivity index (χ0) is 26.9. The Morgan fingerprint density at radius 2 is 1.84 bits per heavy atom. The van der Waals surface area contributed by atoms with Crippen molar-refractivity contribution in [2.75, 3.05) is 6.61 Å². The first-order valence-electron chi connectivity index (χ1n) is 11.8. The highest BCUT2D eigenvalue weighted by atomic mass is 16.8. The summed E-state index contributed by atoms with van der Waals surface area (Å²) in [5, 5.41) is 60.7. The maximum atomic E-state index is 12.5. The van der Waals surface area contributed by atoms with Gasteiger partial charge in [-0.2, -0.15) is 0 Å². The second kappa shape index (κ2) is 10.9. The third kappa shape index (κ3) is 5.27. The van der Waals surface area contributed by atoms with Gasteiger partial charge in [-0.15, -0.1) is 0 Å². The molecule has 0 bridgehead atoms. The highest BCUT2D eigenvalue weighted by Gasteiger charge is 2.61. The molecule has 4 rings (SSSR count). The molecule has 37 heavy (non-hydrogen) atoms. The molecule has 0 amide bonds. The number of phenols is 1. The largest absolute Gasteiger partial charge is 0.508 e. The quantitative estimate of drug-likeness (QED) is 0.145. The van der Waals surface area contributed by atoms with Crippen LogP contribution in [0.15, 0.2) is 42.2 Å². The van der Waals surface area contributed by atoms with E-state index in [-0.39, 0.29) is 17.7 Å². The Kier molecular flexibility index (Phi) is 7.99. The maximum absolute atomic E-state index is 12.5. The molecule has 1 saturated carbocycles. The van der Waals surface area contributed by atoms with Crippen molar-refractivity contribution in [2.45, 2.75) is 62.0 Å². The van der Waals surface area contributed by atoms with E-state index < -0.39 is 73.1 Å². The first kappa shape index (κ1) is 27.2. The molecule has 1 aromatic carbocycles. The lowest BCUT2D eigenvalue weighted by atomic mass is 9.79. The summed E-state index contributed by atoms with van der Waals surface area (Å²) in [5.74, 6) is -2.17. The highest BCUT2D eigenvalue weighted by molar-refractivity contribution is 5.87. The van der Waals surface area contributed by atoms with Crippen LogP contribution in [0.3, 0.4) is 0 Å². The van der Waals surface area contributed by atoms with Gasteiger partial charge in [0, 0.05) is 18.4 Å². The topological polar surface area (TPSA) is 192 Å². The number of aldehydes is 1. The third-order valence-electron chi connectivity index (χ3n) is 7.16. The normalized spacial score (nSPS) is 39.5. The van der Waals surface area contributed by atoms with E-state index >= 15 is 0 Å². The fourth-order valence-electron chi connectivity index (χ4n) is 5.05. The Labute approximate surface area is 212 Å². The van der Waals surface area contributed by atoms with E-state index in [2.05, 4.69) is 0 Å². The van der Waals surface area contributed by atoms with Crippen LogP contribution in [0.4, 0.5) is 0 Å². The molecule has 1 saturated heterocycles. The van der Waals surface area contributed by atoms with E-state index in [0.717, 1.165) is 6.26 Å². The SMILES string of the molecule is C[C@@H]1[C@H]2[C@H](O[C@@H]3O[C@H](CO)[C@@H](O)[C@H](O)[C@H]3O)OC=C(C=O)[C@@]2(O)C[C@@H]1OC(=O)/C=C/c1ccc(O)cc1. The van der Waals surface area contributed by atoms with Gasteiger partial charge in [0.2, 0.25) is 6.29 Å². The average molecular weight is 523 g/mol. The number of esters is 1. The maximum Gasteiger partial charge on any atom is 0.331 e. The van der Waals surface area contributed by atoms with Crippen LogP contribution in [-0.4, -0.2) is 98.2 Å². The molecule has 10 atom stereocenters. The predicted octanol–water partition coefficient (Wildman–Crippen LogP) is -1.04. The number of aromatic hydroxyl groups is 1. The number of phenolic OH excluding ortho intramolecular Hbond substituents is 1. The Hall–Kier alpha value is -2.84. The Balaban J connectivity index is 1.50. The summed E-state index contributed by atoms with van der Waals surface area (Å²) >= 11 is 0. The fraction of sp³-hybridized carbons (Fsp3) is 0.520. The van der Waals surface area contributed by atoms with E-state index in [1.165, 1.54) is 24.3 Å². The zero-order valence-corrected chi connectivity index (χ0v) is 19.9. The third-order valence-corrected chi connectivity index (χ3v) is 7.16. The lowest BCUT2D eigenvalue weighted by molar-refractivity contribution is -0.346. The lowest BCUT2D eigenvalue weighted by Crippen LogP contribution is -2.61. The van der Waals surface area contributed by atoms with Gasteiger partial charge >= 0.3 is 5.97 Å². The van der Waals surface area contributed by atoms with E-state index in [1.807, 2.05) is 0 Å². The minimum absolute atomic E-state index is 0.0806.